The molecule has 1 aromatic rings. The summed E-state index contributed by atoms with van der Waals surface area (Å²) in [7, 11) is 1.54. The number of rotatable bonds is 1. The number of hydrogen-bond donors (Lipinski definition) is 2. The van der Waals surface area contributed by atoms with E-state index in [2.05, 4.69) is 27.9 Å². The van der Waals surface area contributed by atoms with Crippen molar-refractivity contribution in [2.45, 2.75) is 5.03 Å². The number of nitrogens with one attached hydrogen (secondary N) is 1. The molecule has 5 heteroatoms. The molecule has 0 radical (unpaired) electrons. The van der Waals surface area contributed by atoms with Crippen LogP contribution in [0.2, 0.25) is 0 Å². The smallest absolute Gasteiger partial charge is 0.271 e. The third-order valence-electron chi connectivity index (χ3n) is 1.08. The van der Waals surface area contributed by atoms with Gasteiger partial charge >= 0.3 is 0 Å². The van der Waals surface area contributed by atoms with Crippen LogP contribution in [0.5, 0.6) is 0 Å². The van der Waals surface area contributed by atoms with Crippen molar-refractivity contribution in [2.24, 2.45) is 0 Å². The maximum absolute atomic E-state index is 10.9. The van der Waals surface area contributed by atoms with Crippen molar-refractivity contribution < 1.29 is 4.79 Å². The van der Waals surface area contributed by atoms with Crippen LogP contribution < -0.4 is 5.32 Å². The molecule has 0 aliphatic heterocycles. The zero-order valence-electron chi connectivity index (χ0n) is 5.90. The monoisotopic (exact) mass is 169 g/mol. The van der Waals surface area contributed by atoms with Gasteiger partial charge in [0.2, 0.25) is 0 Å². The molecule has 58 valence electrons. The second-order valence-corrected chi connectivity index (χ2v) is 2.30. The molecule has 1 heterocycles. The average molecular weight is 169 g/mol. The lowest BCUT2D eigenvalue weighted by Crippen LogP contribution is -2.19. The molecular formula is C6H7N3OS. The predicted octanol–water partition coefficient (Wildman–Crippen LogP) is 0.125. The van der Waals surface area contributed by atoms with Crippen LogP contribution in [0.15, 0.2) is 17.4 Å². The van der Waals surface area contributed by atoms with E-state index in [1.165, 1.54) is 19.4 Å². The molecule has 0 aliphatic carbocycles. The van der Waals surface area contributed by atoms with Gasteiger partial charge in [-0.1, -0.05) is 0 Å². The van der Waals surface area contributed by atoms with Gasteiger partial charge < -0.3 is 5.32 Å². The van der Waals surface area contributed by atoms with Crippen LogP contribution in [-0.4, -0.2) is 22.9 Å². The SMILES string of the molecule is CNC(=O)c1cncc(S)n1. The number of hydrogen-bond acceptors (Lipinski definition) is 4. The second kappa shape index (κ2) is 3.34. The summed E-state index contributed by atoms with van der Waals surface area (Å²) in [6, 6.07) is 0. The molecule has 0 fully saturated rings. The third kappa shape index (κ3) is 1.91. The Kier molecular flexibility index (Phi) is 2.43. The van der Waals surface area contributed by atoms with Gasteiger partial charge in [-0.3, -0.25) is 9.78 Å². The number of thiol groups is 1. The predicted molar refractivity (Wildman–Crippen MR) is 42.7 cm³/mol. The average Bonchev–Trinajstić information content (AvgIpc) is 2.03. The Bertz CT molecular complexity index is 276. The lowest BCUT2D eigenvalue weighted by atomic mass is 10.4. The molecule has 1 amide bonds. The topological polar surface area (TPSA) is 54.9 Å². The number of aromatic nitrogens is 2. The van der Waals surface area contributed by atoms with Crippen LogP contribution in [0.3, 0.4) is 0 Å². The fraction of sp³-hybridized carbons (Fsp3) is 0.167. The first-order chi connectivity index (χ1) is 5.24. The van der Waals surface area contributed by atoms with E-state index in [1.54, 1.807) is 0 Å². The van der Waals surface area contributed by atoms with Crippen LogP contribution in [0.1, 0.15) is 10.5 Å². The first-order valence-corrected chi connectivity index (χ1v) is 3.42. The fourth-order valence-corrected chi connectivity index (χ4v) is 0.768. The summed E-state index contributed by atoms with van der Waals surface area (Å²) >= 11 is 3.93. The summed E-state index contributed by atoms with van der Waals surface area (Å²) < 4.78 is 0. The van der Waals surface area contributed by atoms with E-state index in [4.69, 9.17) is 0 Å². The molecule has 0 aliphatic rings. The minimum Gasteiger partial charge on any atom is -0.354 e. The highest BCUT2D eigenvalue weighted by atomic mass is 32.1. The van der Waals surface area contributed by atoms with Crippen molar-refractivity contribution >= 4 is 18.5 Å². The number of nitrogens with zero attached hydrogens (tertiary/aromatic N) is 2. The van der Waals surface area contributed by atoms with Crippen molar-refractivity contribution in [3.63, 3.8) is 0 Å². The van der Waals surface area contributed by atoms with Crippen LogP contribution in [0.4, 0.5) is 0 Å². The quantitative estimate of drug-likeness (QED) is 0.587. The Hall–Kier alpha value is -1.10. The number of carbonyl (C=O) groups excluding carboxylic acids is 1. The molecule has 1 aromatic heterocycles. The van der Waals surface area contributed by atoms with E-state index in [0.717, 1.165) is 0 Å². The highest BCUT2D eigenvalue weighted by Crippen LogP contribution is 1.99. The van der Waals surface area contributed by atoms with Crippen molar-refractivity contribution in [1.82, 2.24) is 15.3 Å². The molecule has 0 unspecified atom stereocenters. The largest absolute Gasteiger partial charge is 0.354 e. The summed E-state index contributed by atoms with van der Waals surface area (Å²) in [5, 5.41) is 2.87. The summed E-state index contributed by atoms with van der Waals surface area (Å²) in [6.07, 6.45) is 2.86. The fourth-order valence-electron chi connectivity index (χ4n) is 0.593. The molecule has 4 nitrogen and oxygen atoms in total. The Balaban J connectivity index is 2.96. The van der Waals surface area contributed by atoms with Crippen LogP contribution >= 0.6 is 12.6 Å². The Morgan fingerprint density at radius 2 is 2.36 bits per heavy atom. The van der Waals surface area contributed by atoms with Gasteiger partial charge in [0.25, 0.3) is 5.91 Å². The van der Waals surface area contributed by atoms with E-state index < -0.39 is 0 Å². The Morgan fingerprint density at radius 1 is 1.64 bits per heavy atom. The molecule has 0 aromatic carbocycles. The first-order valence-electron chi connectivity index (χ1n) is 2.97. The van der Waals surface area contributed by atoms with E-state index in [1.807, 2.05) is 0 Å². The van der Waals surface area contributed by atoms with Gasteiger partial charge in [-0.05, 0) is 0 Å². The highest BCUT2D eigenvalue weighted by molar-refractivity contribution is 7.80. The first kappa shape index (κ1) is 8.00. The molecule has 0 saturated heterocycles. The minimum absolute atomic E-state index is 0.256. The van der Waals surface area contributed by atoms with E-state index in [0.29, 0.717) is 5.03 Å². The lowest BCUT2D eigenvalue weighted by Gasteiger charge is -1.96. The summed E-state index contributed by atoms with van der Waals surface area (Å²) in [5.41, 5.74) is 0.278. The van der Waals surface area contributed by atoms with E-state index >= 15 is 0 Å². The van der Waals surface area contributed by atoms with Crippen molar-refractivity contribution in [2.75, 3.05) is 7.05 Å². The molecule has 1 rings (SSSR count). The van der Waals surface area contributed by atoms with E-state index in [9.17, 15) is 4.79 Å². The molecule has 0 saturated carbocycles. The molecule has 0 bridgehead atoms. The van der Waals surface area contributed by atoms with Crippen LogP contribution in [-0.2, 0) is 0 Å². The molecule has 11 heavy (non-hydrogen) atoms. The Morgan fingerprint density at radius 3 is 2.91 bits per heavy atom. The third-order valence-corrected chi connectivity index (χ3v) is 1.30. The zero-order chi connectivity index (χ0) is 8.27. The number of carbonyl (C=O) groups is 1. The summed E-state index contributed by atoms with van der Waals surface area (Å²) in [4.78, 5) is 18.5. The normalized spacial score (nSPS) is 9.27. The minimum atomic E-state index is -0.256. The lowest BCUT2D eigenvalue weighted by molar-refractivity contribution is 0.0957. The van der Waals surface area contributed by atoms with Gasteiger partial charge in [-0.25, -0.2) is 4.98 Å². The van der Waals surface area contributed by atoms with Gasteiger partial charge in [0.1, 0.15) is 10.7 Å². The van der Waals surface area contributed by atoms with Gasteiger partial charge in [0.05, 0.1) is 12.4 Å². The van der Waals surface area contributed by atoms with E-state index in [-0.39, 0.29) is 11.6 Å². The van der Waals surface area contributed by atoms with Gasteiger partial charge in [0, 0.05) is 7.05 Å². The standard InChI is InChI=1S/C6H7N3OS/c1-7-6(10)4-2-8-3-5(11)9-4/h2-3H,1H3,(H,7,10)(H,9,11). The van der Waals surface area contributed by atoms with Gasteiger partial charge in [-0.2, -0.15) is 0 Å². The van der Waals surface area contributed by atoms with Crippen molar-refractivity contribution in [3.05, 3.63) is 18.1 Å². The maximum Gasteiger partial charge on any atom is 0.271 e. The zero-order valence-corrected chi connectivity index (χ0v) is 6.80. The molecule has 1 N–H and O–H groups in total. The summed E-state index contributed by atoms with van der Waals surface area (Å²) in [6.45, 7) is 0. The molecular weight excluding hydrogens is 162 g/mol. The van der Waals surface area contributed by atoms with Crippen molar-refractivity contribution in [3.8, 4) is 0 Å². The van der Waals surface area contributed by atoms with Gasteiger partial charge in [0.15, 0.2) is 0 Å². The summed E-state index contributed by atoms with van der Waals surface area (Å²) in [5.74, 6) is -0.256. The number of amides is 1. The highest BCUT2D eigenvalue weighted by Gasteiger charge is 2.03. The second-order valence-electron chi connectivity index (χ2n) is 1.84. The van der Waals surface area contributed by atoms with Crippen LogP contribution in [0, 0.1) is 0 Å². The van der Waals surface area contributed by atoms with Crippen molar-refractivity contribution in [1.29, 1.82) is 0 Å². The van der Waals surface area contributed by atoms with Crippen LogP contribution in [0.25, 0.3) is 0 Å². The molecule has 0 atom stereocenters. The van der Waals surface area contributed by atoms with Gasteiger partial charge in [-0.15, -0.1) is 12.6 Å². The maximum atomic E-state index is 10.9. The Labute approximate surface area is 69.5 Å². The molecule has 0 spiro atoms.